The topological polar surface area (TPSA) is 35.8 Å². The molecule has 0 aromatic heterocycles. The maximum Gasteiger partial charge on any atom is 0.160 e. The first-order chi connectivity index (χ1) is 7.24. The summed E-state index contributed by atoms with van der Waals surface area (Å²) in [5, 5.41) is 11.4. The molecule has 0 saturated carbocycles. The Morgan fingerprint density at radius 1 is 1.33 bits per heavy atom. The molecular formula is C10H10FIN2S. The van der Waals surface area contributed by atoms with Crippen molar-refractivity contribution in [3.63, 3.8) is 0 Å². The lowest BCUT2D eigenvalue weighted by Crippen LogP contribution is -2.53. The lowest BCUT2D eigenvalue weighted by Gasteiger charge is -2.35. The third-order valence-electron chi connectivity index (χ3n) is 2.34. The van der Waals surface area contributed by atoms with Crippen LogP contribution in [-0.4, -0.2) is 13.1 Å². The highest BCUT2D eigenvalue weighted by Gasteiger charge is 2.38. The van der Waals surface area contributed by atoms with Crippen molar-refractivity contribution in [1.29, 1.82) is 5.26 Å². The van der Waals surface area contributed by atoms with Crippen molar-refractivity contribution in [3.8, 4) is 6.07 Å². The van der Waals surface area contributed by atoms with E-state index in [1.807, 2.05) is 27.3 Å². The molecular weight excluding hydrogens is 326 g/mol. The van der Waals surface area contributed by atoms with Gasteiger partial charge in [-0.15, -0.1) is 9.80 Å². The van der Waals surface area contributed by atoms with Crippen LogP contribution in [0.3, 0.4) is 0 Å². The third kappa shape index (κ3) is 2.83. The standard InChI is InChI=1S/C10H9FN2.HIS/c11-10(6-13-7-10)9-3-1-8(5-12)2-4-9;1-2/h1-4,13H,6-7H2;2H. The largest absolute Gasteiger partial charge is 0.310 e. The number of halogens is 2. The highest BCUT2D eigenvalue weighted by atomic mass is 127. The van der Waals surface area contributed by atoms with E-state index in [9.17, 15) is 4.39 Å². The molecule has 5 heteroatoms. The number of nitrogens with zero attached hydrogens (tertiary/aromatic N) is 1. The summed E-state index contributed by atoms with van der Waals surface area (Å²) >= 11 is 1.84. The molecule has 0 amide bonds. The molecule has 0 unspecified atom stereocenters. The zero-order chi connectivity index (χ0) is 11.3. The van der Waals surface area contributed by atoms with Crippen LogP contribution in [0.15, 0.2) is 24.3 Å². The van der Waals surface area contributed by atoms with Gasteiger partial charge in [-0.05, 0) is 38.9 Å². The molecule has 1 aliphatic heterocycles. The SMILES string of the molecule is N#Cc1ccc(C2(F)CNC2)cc1.SI. The van der Waals surface area contributed by atoms with Crippen molar-refractivity contribution in [2.24, 2.45) is 0 Å². The first-order valence-electron chi connectivity index (χ1n) is 4.32. The quantitative estimate of drug-likeness (QED) is 0.611. The number of thiol groups is 1. The molecule has 0 atom stereocenters. The molecule has 80 valence electrons. The Morgan fingerprint density at radius 2 is 1.87 bits per heavy atom. The summed E-state index contributed by atoms with van der Waals surface area (Å²) in [7, 11) is 3.50. The number of rotatable bonds is 1. The zero-order valence-corrected chi connectivity index (χ0v) is 10.9. The number of hydrogen-bond donors (Lipinski definition) is 2. The molecule has 0 spiro atoms. The average Bonchev–Trinajstić information content (AvgIpc) is 2.29. The van der Waals surface area contributed by atoms with Gasteiger partial charge in [0.15, 0.2) is 5.67 Å². The van der Waals surface area contributed by atoms with Crippen LogP contribution in [0.1, 0.15) is 11.1 Å². The third-order valence-corrected chi connectivity index (χ3v) is 2.34. The van der Waals surface area contributed by atoms with Crippen molar-refractivity contribution < 1.29 is 4.39 Å². The van der Waals surface area contributed by atoms with Crippen LogP contribution in [0.2, 0.25) is 0 Å². The van der Waals surface area contributed by atoms with Gasteiger partial charge in [-0.25, -0.2) is 4.39 Å². The van der Waals surface area contributed by atoms with E-state index in [1.165, 1.54) is 0 Å². The maximum atomic E-state index is 13.7. The van der Waals surface area contributed by atoms with E-state index in [-0.39, 0.29) is 0 Å². The molecule has 0 bridgehead atoms. The molecule has 1 heterocycles. The lowest BCUT2D eigenvalue weighted by atomic mass is 9.90. The first kappa shape index (κ1) is 12.7. The van der Waals surface area contributed by atoms with Crippen LogP contribution in [0.4, 0.5) is 4.39 Å². The van der Waals surface area contributed by atoms with Crippen molar-refractivity contribution >= 4 is 31.0 Å². The monoisotopic (exact) mass is 336 g/mol. The molecule has 1 aromatic rings. The molecule has 2 rings (SSSR count). The van der Waals surface area contributed by atoms with Crippen molar-refractivity contribution in [1.82, 2.24) is 5.32 Å². The number of alkyl halides is 1. The minimum Gasteiger partial charge on any atom is -0.310 e. The Morgan fingerprint density at radius 3 is 2.20 bits per heavy atom. The Kier molecular flexibility index (Phi) is 4.83. The van der Waals surface area contributed by atoms with E-state index >= 15 is 0 Å². The van der Waals surface area contributed by atoms with Gasteiger partial charge in [0, 0.05) is 13.1 Å². The summed E-state index contributed by atoms with van der Waals surface area (Å²) < 4.78 is 13.7. The number of benzene rings is 1. The fraction of sp³-hybridized carbons (Fsp3) is 0.300. The highest BCUT2D eigenvalue weighted by Crippen LogP contribution is 2.29. The Balaban J connectivity index is 0.000000531. The molecule has 1 N–H and O–H groups in total. The second-order valence-corrected chi connectivity index (χ2v) is 3.26. The lowest BCUT2D eigenvalue weighted by molar-refractivity contribution is 0.0891. The predicted octanol–water partition coefficient (Wildman–Crippen LogP) is 2.59. The molecule has 15 heavy (non-hydrogen) atoms. The van der Waals surface area contributed by atoms with Gasteiger partial charge in [0.2, 0.25) is 0 Å². The van der Waals surface area contributed by atoms with Crippen molar-refractivity contribution in [2.45, 2.75) is 5.67 Å². The molecule has 1 aliphatic rings. The van der Waals surface area contributed by atoms with Crippen LogP contribution in [0.25, 0.3) is 0 Å². The van der Waals surface area contributed by atoms with Gasteiger partial charge in [0.25, 0.3) is 0 Å². The summed E-state index contributed by atoms with van der Waals surface area (Å²) in [5.74, 6) is 0. The average molecular weight is 336 g/mol. The van der Waals surface area contributed by atoms with Crippen LogP contribution in [-0.2, 0) is 5.67 Å². The molecule has 1 saturated heterocycles. The predicted molar refractivity (Wildman–Crippen MR) is 69.8 cm³/mol. The summed E-state index contributed by atoms with van der Waals surface area (Å²) in [6.45, 7) is 0.748. The van der Waals surface area contributed by atoms with E-state index in [1.54, 1.807) is 24.3 Å². The second-order valence-electron chi connectivity index (χ2n) is 3.26. The highest BCUT2D eigenvalue weighted by molar-refractivity contribution is 14.2. The van der Waals surface area contributed by atoms with Gasteiger partial charge in [-0.3, -0.25) is 0 Å². The molecule has 0 radical (unpaired) electrons. The van der Waals surface area contributed by atoms with Crippen LogP contribution >= 0.6 is 31.0 Å². The second kappa shape index (κ2) is 5.68. The van der Waals surface area contributed by atoms with E-state index in [2.05, 4.69) is 15.1 Å². The van der Waals surface area contributed by atoms with Crippen LogP contribution in [0.5, 0.6) is 0 Å². The summed E-state index contributed by atoms with van der Waals surface area (Å²) in [4.78, 5) is 0. The van der Waals surface area contributed by atoms with Gasteiger partial charge in [-0.2, -0.15) is 5.26 Å². The fourth-order valence-electron chi connectivity index (χ4n) is 1.39. The van der Waals surface area contributed by atoms with Gasteiger partial charge in [-0.1, -0.05) is 12.1 Å². The fourth-order valence-corrected chi connectivity index (χ4v) is 1.39. The molecule has 0 aliphatic carbocycles. The van der Waals surface area contributed by atoms with E-state index in [4.69, 9.17) is 5.26 Å². The zero-order valence-electron chi connectivity index (χ0n) is 7.87. The molecule has 2 nitrogen and oxygen atoms in total. The minimum absolute atomic E-state index is 0.374. The summed E-state index contributed by atoms with van der Waals surface area (Å²) in [5.41, 5.74) is 0.0124. The van der Waals surface area contributed by atoms with Crippen LogP contribution < -0.4 is 5.32 Å². The van der Waals surface area contributed by atoms with Gasteiger partial charge in [0.05, 0.1) is 11.6 Å². The summed E-state index contributed by atoms with van der Waals surface area (Å²) in [6.07, 6.45) is 0. The van der Waals surface area contributed by atoms with E-state index in [0.717, 1.165) is 0 Å². The minimum atomic E-state index is -1.21. The van der Waals surface area contributed by atoms with Crippen LogP contribution in [0, 0.1) is 11.3 Å². The normalized spacial score (nSPS) is 16.7. The maximum absolute atomic E-state index is 13.7. The van der Waals surface area contributed by atoms with Gasteiger partial charge >= 0.3 is 0 Å². The van der Waals surface area contributed by atoms with Gasteiger partial charge < -0.3 is 5.32 Å². The Hall–Kier alpha value is -0.320. The summed E-state index contributed by atoms with van der Waals surface area (Å²) in [6, 6.07) is 8.66. The van der Waals surface area contributed by atoms with E-state index < -0.39 is 5.67 Å². The number of nitrogens with one attached hydrogen (secondary N) is 1. The Labute approximate surface area is 106 Å². The van der Waals surface area contributed by atoms with Crippen molar-refractivity contribution in [3.05, 3.63) is 35.4 Å². The smallest absolute Gasteiger partial charge is 0.160 e. The number of hydrogen-bond acceptors (Lipinski definition) is 3. The van der Waals surface area contributed by atoms with Crippen molar-refractivity contribution in [2.75, 3.05) is 13.1 Å². The molecule has 1 fully saturated rings. The number of nitriles is 1. The van der Waals surface area contributed by atoms with E-state index in [0.29, 0.717) is 24.2 Å². The van der Waals surface area contributed by atoms with Gasteiger partial charge in [0.1, 0.15) is 0 Å². The molecule has 1 aromatic carbocycles. The Bertz CT molecular complexity index is 357. The first-order valence-corrected chi connectivity index (χ1v) is 7.55.